The van der Waals surface area contributed by atoms with Crippen LogP contribution in [0.5, 0.6) is 0 Å². The Morgan fingerprint density at radius 2 is 2.29 bits per heavy atom. The topological polar surface area (TPSA) is 61.2 Å². The summed E-state index contributed by atoms with van der Waals surface area (Å²) in [7, 11) is -3.49. The summed E-state index contributed by atoms with van der Waals surface area (Å²) in [4.78, 5) is 0.402. The number of rotatable bonds is 6. The first-order chi connectivity index (χ1) is 8.06. The van der Waals surface area contributed by atoms with Gasteiger partial charge in [-0.25, -0.2) is 8.42 Å². The Bertz CT molecular complexity index is 526. The monoisotopic (exact) mass is 270 g/mol. The maximum Gasteiger partial charge on any atom is 0.252 e. The molecule has 4 nitrogen and oxygen atoms in total. The zero-order valence-electron chi connectivity index (χ0n) is 9.59. The molecule has 1 rings (SSSR count). The zero-order chi connectivity index (χ0) is 12.9. The molecule has 0 atom stereocenters. The lowest BCUT2D eigenvalue weighted by molar-refractivity contribution is 0.443. The molecule has 0 radical (unpaired) electrons. The predicted octanol–water partition coefficient (Wildman–Crippen LogP) is 2.21. The number of hydrogen-bond donors (Lipinski definition) is 0. The van der Waals surface area contributed by atoms with Crippen LogP contribution in [-0.2, 0) is 10.0 Å². The van der Waals surface area contributed by atoms with Crippen LogP contribution >= 0.6 is 11.3 Å². The van der Waals surface area contributed by atoms with Crippen LogP contribution in [0.3, 0.4) is 0 Å². The second-order valence-electron chi connectivity index (χ2n) is 3.38. The van der Waals surface area contributed by atoms with Gasteiger partial charge in [0.15, 0.2) is 0 Å². The SMILES string of the molecule is C=CCN(CCC)S(=O)(=O)c1ccc(C#N)s1. The van der Waals surface area contributed by atoms with Gasteiger partial charge in [-0.3, -0.25) is 0 Å². The Labute approximate surface area is 106 Å². The molecule has 17 heavy (non-hydrogen) atoms. The first kappa shape index (κ1) is 13.9. The van der Waals surface area contributed by atoms with E-state index in [-0.39, 0.29) is 10.8 Å². The highest BCUT2D eigenvalue weighted by molar-refractivity contribution is 7.91. The lowest BCUT2D eigenvalue weighted by Crippen LogP contribution is -2.31. The first-order valence-corrected chi connectivity index (χ1v) is 7.43. The van der Waals surface area contributed by atoms with Gasteiger partial charge in [0.25, 0.3) is 10.0 Å². The Balaban J connectivity index is 3.07. The van der Waals surface area contributed by atoms with Gasteiger partial charge >= 0.3 is 0 Å². The Morgan fingerprint density at radius 3 is 2.76 bits per heavy atom. The second-order valence-corrected chi connectivity index (χ2v) is 6.63. The van der Waals surface area contributed by atoms with Crippen molar-refractivity contribution in [3.05, 3.63) is 29.7 Å². The molecule has 0 unspecified atom stereocenters. The van der Waals surface area contributed by atoms with Crippen LogP contribution in [0.1, 0.15) is 18.2 Å². The van der Waals surface area contributed by atoms with Crippen molar-refractivity contribution in [1.29, 1.82) is 5.26 Å². The van der Waals surface area contributed by atoms with Crippen molar-refractivity contribution >= 4 is 21.4 Å². The smallest absolute Gasteiger partial charge is 0.206 e. The molecule has 1 heterocycles. The van der Waals surface area contributed by atoms with Crippen LogP contribution in [0.25, 0.3) is 0 Å². The third-order valence-corrected chi connectivity index (χ3v) is 5.41. The number of thiophene rings is 1. The molecule has 0 saturated heterocycles. The van der Waals surface area contributed by atoms with Gasteiger partial charge in [-0.15, -0.1) is 17.9 Å². The normalized spacial score (nSPS) is 11.4. The molecular weight excluding hydrogens is 256 g/mol. The molecule has 0 amide bonds. The van der Waals surface area contributed by atoms with E-state index < -0.39 is 10.0 Å². The van der Waals surface area contributed by atoms with Gasteiger partial charge in [0, 0.05) is 13.1 Å². The van der Waals surface area contributed by atoms with E-state index in [1.165, 1.54) is 16.4 Å². The molecule has 0 aliphatic carbocycles. The van der Waals surface area contributed by atoms with Gasteiger partial charge in [-0.05, 0) is 18.6 Å². The summed E-state index contributed by atoms with van der Waals surface area (Å²) in [5.74, 6) is 0. The molecule has 1 aromatic rings. The second kappa shape index (κ2) is 5.96. The Hall–Kier alpha value is -1.16. The fraction of sp³-hybridized carbons (Fsp3) is 0.364. The molecule has 0 aliphatic rings. The molecule has 92 valence electrons. The summed E-state index contributed by atoms with van der Waals surface area (Å²) in [6, 6.07) is 4.94. The van der Waals surface area contributed by atoms with Crippen LogP contribution in [0, 0.1) is 11.3 Å². The maximum atomic E-state index is 12.2. The van der Waals surface area contributed by atoms with Crippen LogP contribution in [0.15, 0.2) is 29.0 Å². The number of nitriles is 1. The van der Waals surface area contributed by atoms with Crippen LogP contribution in [0.2, 0.25) is 0 Å². The number of hydrogen-bond acceptors (Lipinski definition) is 4. The molecule has 0 N–H and O–H groups in total. The van der Waals surface area contributed by atoms with Gasteiger partial charge in [-0.1, -0.05) is 13.0 Å². The lowest BCUT2D eigenvalue weighted by Gasteiger charge is -2.18. The summed E-state index contributed by atoms with van der Waals surface area (Å²) in [5.41, 5.74) is 0. The lowest BCUT2D eigenvalue weighted by atomic mass is 10.5. The highest BCUT2D eigenvalue weighted by Crippen LogP contribution is 2.24. The summed E-state index contributed by atoms with van der Waals surface area (Å²) < 4.78 is 26.0. The van der Waals surface area contributed by atoms with E-state index in [4.69, 9.17) is 5.26 Å². The van der Waals surface area contributed by atoms with Crippen LogP contribution in [0.4, 0.5) is 0 Å². The molecule has 1 aromatic heterocycles. The minimum absolute atomic E-state index is 0.212. The minimum atomic E-state index is -3.49. The van der Waals surface area contributed by atoms with Gasteiger partial charge in [0.05, 0.1) is 0 Å². The molecule has 0 bridgehead atoms. The average Bonchev–Trinajstić information content (AvgIpc) is 2.78. The zero-order valence-corrected chi connectivity index (χ0v) is 11.2. The predicted molar refractivity (Wildman–Crippen MR) is 68.3 cm³/mol. The highest BCUT2D eigenvalue weighted by Gasteiger charge is 2.24. The van der Waals surface area contributed by atoms with E-state index in [1.807, 2.05) is 13.0 Å². The standard InChI is InChI=1S/C11H14N2O2S2/c1-3-7-13(8-4-2)17(14,15)11-6-5-10(9-12)16-11/h3,5-6H,1,4,7-8H2,2H3. The van der Waals surface area contributed by atoms with Crippen LogP contribution < -0.4 is 0 Å². The Kier molecular flexibility index (Phi) is 4.87. The van der Waals surface area contributed by atoms with Crippen LogP contribution in [-0.4, -0.2) is 25.8 Å². The van der Waals surface area contributed by atoms with Gasteiger partial charge in [0.1, 0.15) is 15.2 Å². The van der Waals surface area contributed by atoms with Crippen molar-refractivity contribution in [2.45, 2.75) is 17.6 Å². The van der Waals surface area contributed by atoms with Crippen molar-refractivity contribution in [3.8, 4) is 6.07 Å². The first-order valence-electron chi connectivity index (χ1n) is 5.17. The molecule has 0 aromatic carbocycles. The molecule has 0 fully saturated rings. The largest absolute Gasteiger partial charge is 0.252 e. The minimum Gasteiger partial charge on any atom is -0.206 e. The van der Waals surface area contributed by atoms with Crippen molar-refractivity contribution in [2.24, 2.45) is 0 Å². The summed E-state index contributed by atoms with van der Waals surface area (Å²) in [6.45, 7) is 6.21. The highest BCUT2D eigenvalue weighted by atomic mass is 32.2. The van der Waals surface area contributed by atoms with E-state index in [0.717, 1.165) is 17.8 Å². The van der Waals surface area contributed by atoms with Crippen molar-refractivity contribution in [2.75, 3.05) is 13.1 Å². The summed E-state index contributed by atoms with van der Waals surface area (Å²) in [5, 5.41) is 8.70. The van der Waals surface area contributed by atoms with E-state index >= 15 is 0 Å². The molecule has 0 saturated carbocycles. The number of sulfonamides is 1. The molecule has 6 heteroatoms. The maximum absolute atomic E-state index is 12.2. The fourth-order valence-corrected chi connectivity index (χ4v) is 4.11. The third-order valence-electron chi connectivity index (χ3n) is 2.09. The Morgan fingerprint density at radius 1 is 1.59 bits per heavy atom. The van der Waals surface area contributed by atoms with Gasteiger partial charge in [0.2, 0.25) is 0 Å². The van der Waals surface area contributed by atoms with Gasteiger partial charge in [-0.2, -0.15) is 9.57 Å². The summed E-state index contributed by atoms with van der Waals surface area (Å²) in [6.07, 6.45) is 2.30. The van der Waals surface area contributed by atoms with Crippen molar-refractivity contribution in [3.63, 3.8) is 0 Å². The van der Waals surface area contributed by atoms with Gasteiger partial charge < -0.3 is 0 Å². The molecule has 0 aliphatic heterocycles. The molecule has 0 spiro atoms. The van der Waals surface area contributed by atoms with E-state index in [2.05, 4.69) is 6.58 Å². The van der Waals surface area contributed by atoms with E-state index in [9.17, 15) is 8.42 Å². The summed E-state index contributed by atoms with van der Waals surface area (Å²) >= 11 is 0.995. The average molecular weight is 270 g/mol. The molecular formula is C11H14N2O2S2. The number of nitrogens with zero attached hydrogens (tertiary/aromatic N) is 2. The van der Waals surface area contributed by atoms with E-state index in [1.54, 1.807) is 6.08 Å². The van der Waals surface area contributed by atoms with Crippen molar-refractivity contribution < 1.29 is 8.42 Å². The van der Waals surface area contributed by atoms with E-state index in [0.29, 0.717) is 11.4 Å². The quantitative estimate of drug-likeness (QED) is 0.745. The third kappa shape index (κ3) is 3.16. The fourth-order valence-electron chi connectivity index (χ4n) is 1.35. The van der Waals surface area contributed by atoms with Crippen molar-refractivity contribution in [1.82, 2.24) is 4.31 Å².